The van der Waals surface area contributed by atoms with Crippen LogP contribution >= 0.6 is 0 Å². The van der Waals surface area contributed by atoms with Gasteiger partial charge in [-0.05, 0) is 85.6 Å². The molecule has 0 radical (unpaired) electrons. The lowest BCUT2D eigenvalue weighted by molar-refractivity contribution is -0.209. The van der Waals surface area contributed by atoms with Crippen molar-refractivity contribution in [1.29, 1.82) is 0 Å². The summed E-state index contributed by atoms with van der Waals surface area (Å²) >= 11 is 0. The van der Waals surface area contributed by atoms with Crippen molar-refractivity contribution in [3.8, 4) is 17.2 Å². The molecule has 14 nitrogen and oxygen atoms in total. The topological polar surface area (TPSA) is 168 Å². The van der Waals surface area contributed by atoms with Crippen molar-refractivity contribution >= 4 is 29.8 Å². The average Bonchev–Trinajstić information content (AvgIpc) is 3.78. The first-order valence-corrected chi connectivity index (χ1v) is 19.0. The fourth-order valence-corrected chi connectivity index (χ4v) is 9.55. The Labute approximate surface area is 329 Å². The van der Waals surface area contributed by atoms with E-state index in [2.05, 4.69) is 0 Å². The molecule has 3 aromatic carbocycles. The highest BCUT2D eigenvalue weighted by atomic mass is 16.6. The summed E-state index contributed by atoms with van der Waals surface area (Å²) in [6.07, 6.45) is -3.36. The van der Waals surface area contributed by atoms with Crippen molar-refractivity contribution in [2.45, 2.75) is 76.2 Å². The van der Waals surface area contributed by atoms with Gasteiger partial charge in [-0.25, -0.2) is 14.4 Å². The summed E-state index contributed by atoms with van der Waals surface area (Å²) in [7, 11) is 4.59. The standard InChI is InChI=1S/C43H46O14/c1-23(44)53-32-20-34(56-41(47)26-8-14-29(50-4)15-9-26)38(54-24(2)45)31-18-19-43(22-52-40(46)25-6-12-28(49-3)13-7-25)37(36(31)32)33-21-35(39(43)55-33)57-42(48)27-10-16-30(51-5)17-11-27/h6-17,31-39H,18-22H2,1-5H3/t31-,32-,33-,34-,35-,36+,37+,38+,39+,43+/m1/s1. The molecule has 7 rings (SSSR count). The van der Waals surface area contributed by atoms with E-state index < -0.39 is 89.6 Å². The third-order valence-electron chi connectivity index (χ3n) is 11.9. The summed E-state index contributed by atoms with van der Waals surface area (Å²) < 4.78 is 52.7. The number of hydrogen-bond acceptors (Lipinski definition) is 14. The molecule has 302 valence electrons. The first-order valence-electron chi connectivity index (χ1n) is 19.0. The molecule has 2 saturated heterocycles. The lowest BCUT2D eigenvalue weighted by atomic mass is 9.49. The predicted molar refractivity (Wildman–Crippen MR) is 199 cm³/mol. The Kier molecular flexibility index (Phi) is 11.4. The number of fused-ring (bicyclic) bond motifs is 7. The summed E-state index contributed by atoms with van der Waals surface area (Å²) in [5, 5.41) is 0. The van der Waals surface area contributed by atoms with Gasteiger partial charge in [0.2, 0.25) is 0 Å². The highest BCUT2D eigenvalue weighted by Crippen LogP contribution is 2.65. The molecule has 0 amide bonds. The zero-order chi connectivity index (χ0) is 40.4. The van der Waals surface area contributed by atoms with Crippen LogP contribution in [0.1, 0.15) is 70.6 Å². The number of benzene rings is 3. The van der Waals surface area contributed by atoms with Crippen LogP contribution in [0.25, 0.3) is 0 Å². The minimum atomic E-state index is -0.952. The summed E-state index contributed by atoms with van der Waals surface area (Å²) in [5.41, 5.74) is 0.0148. The van der Waals surface area contributed by atoms with E-state index in [1.165, 1.54) is 35.2 Å². The van der Waals surface area contributed by atoms with Crippen molar-refractivity contribution < 1.29 is 66.6 Å². The number of hydrogen-bond donors (Lipinski definition) is 0. The fourth-order valence-electron chi connectivity index (χ4n) is 9.55. The number of esters is 5. The van der Waals surface area contributed by atoms with E-state index in [0.29, 0.717) is 47.6 Å². The minimum absolute atomic E-state index is 0.0338. The maximum absolute atomic E-state index is 13.6. The van der Waals surface area contributed by atoms with Crippen molar-refractivity contribution in [1.82, 2.24) is 0 Å². The van der Waals surface area contributed by atoms with Crippen LogP contribution in [0.15, 0.2) is 72.8 Å². The van der Waals surface area contributed by atoms with Gasteiger partial charge in [0, 0.05) is 49.9 Å². The molecule has 0 spiro atoms. The van der Waals surface area contributed by atoms with Crippen molar-refractivity contribution in [2.75, 3.05) is 27.9 Å². The van der Waals surface area contributed by atoms with Gasteiger partial charge in [-0.1, -0.05) is 0 Å². The molecule has 2 bridgehead atoms. The third-order valence-corrected chi connectivity index (χ3v) is 11.9. The molecule has 2 aliphatic heterocycles. The number of rotatable bonds is 12. The third kappa shape index (κ3) is 7.87. The van der Waals surface area contributed by atoms with Crippen LogP contribution in [0.5, 0.6) is 17.2 Å². The second kappa shape index (κ2) is 16.5. The summed E-state index contributed by atoms with van der Waals surface area (Å²) in [5.74, 6) is -2.44. The predicted octanol–water partition coefficient (Wildman–Crippen LogP) is 5.39. The minimum Gasteiger partial charge on any atom is -0.497 e. The molecular formula is C43H46O14. The Hall–Kier alpha value is -5.63. The van der Waals surface area contributed by atoms with Crippen molar-refractivity contribution in [3.05, 3.63) is 89.5 Å². The first kappa shape index (κ1) is 39.6. The van der Waals surface area contributed by atoms with Crippen LogP contribution in [0, 0.1) is 23.2 Å². The normalized spacial score (nSPS) is 29.5. The van der Waals surface area contributed by atoms with E-state index in [1.54, 1.807) is 72.8 Å². The van der Waals surface area contributed by atoms with Gasteiger partial charge in [-0.3, -0.25) is 9.59 Å². The molecule has 2 heterocycles. The number of methoxy groups -OCH3 is 3. The molecule has 0 N–H and O–H groups in total. The van der Waals surface area contributed by atoms with Crippen LogP contribution in [0.4, 0.5) is 0 Å². The highest BCUT2D eigenvalue weighted by Gasteiger charge is 2.72. The van der Waals surface area contributed by atoms with E-state index in [0.717, 1.165) is 0 Å². The van der Waals surface area contributed by atoms with Gasteiger partial charge >= 0.3 is 29.8 Å². The van der Waals surface area contributed by atoms with Gasteiger partial charge in [-0.15, -0.1) is 0 Å². The van der Waals surface area contributed by atoms with Crippen molar-refractivity contribution in [2.24, 2.45) is 23.2 Å². The maximum Gasteiger partial charge on any atom is 0.338 e. The Morgan fingerprint density at radius 3 is 1.60 bits per heavy atom. The van der Waals surface area contributed by atoms with Gasteiger partial charge < -0.3 is 42.6 Å². The van der Waals surface area contributed by atoms with E-state index in [9.17, 15) is 24.0 Å². The zero-order valence-electron chi connectivity index (χ0n) is 32.4. The first-order chi connectivity index (χ1) is 27.4. The van der Waals surface area contributed by atoms with Crippen LogP contribution < -0.4 is 14.2 Å². The van der Waals surface area contributed by atoms with Crippen molar-refractivity contribution in [3.63, 3.8) is 0 Å². The van der Waals surface area contributed by atoms with Crippen LogP contribution in [-0.2, 0) is 38.0 Å². The molecule has 2 saturated carbocycles. The number of carbonyl (C=O) groups is 5. The Balaban J connectivity index is 1.21. The fraction of sp³-hybridized carbons (Fsp3) is 0.465. The lowest BCUT2D eigenvalue weighted by Crippen LogP contribution is -2.64. The summed E-state index contributed by atoms with van der Waals surface area (Å²) in [4.78, 5) is 66.0. The molecule has 57 heavy (non-hydrogen) atoms. The molecule has 0 unspecified atom stereocenters. The summed E-state index contributed by atoms with van der Waals surface area (Å²) in [6, 6.07) is 19.5. The second-order valence-corrected chi connectivity index (χ2v) is 15.0. The molecule has 4 aliphatic rings. The van der Waals surface area contributed by atoms with Gasteiger partial charge in [-0.2, -0.15) is 0 Å². The quantitative estimate of drug-likeness (QED) is 0.169. The van der Waals surface area contributed by atoms with Gasteiger partial charge in [0.25, 0.3) is 0 Å². The van der Waals surface area contributed by atoms with Gasteiger partial charge in [0.1, 0.15) is 54.4 Å². The van der Waals surface area contributed by atoms with E-state index >= 15 is 0 Å². The molecular weight excluding hydrogens is 740 g/mol. The van der Waals surface area contributed by atoms with E-state index in [-0.39, 0.29) is 18.6 Å². The lowest BCUT2D eigenvalue weighted by Gasteiger charge is -2.57. The van der Waals surface area contributed by atoms with Crippen LogP contribution in [-0.4, -0.2) is 94.4 Å². The average molecular weight is 787 g/mol. The van der Waals surface area contributed by atoms with Gasteiger partial charge in [0.05, 0.1) is 44.1 Å². The molecule has 0 aromatic heterocycles. The smallest absolute Gasteiger partial charge is 0.338 e. The molecule has 14 heteroatoms. The second-order valence-electron chi connectivity index (χ2n) is 15.0. The molecule has 2 aliphatic carbocycles. The van der Waals surface area contributed by atoms with Gasteiger partial charge in [0.15, 0.2) is 0 Å². The van der Waals surface area contributed by atoms with E-state index in [4.69, 9.17) is 42.6 Å². The van der Waals surface area contributed by atoms with Crippen LogP contribution in [0.3, 0.4) is 0 Å². The van der Waals surface area contributed by atoms with Crippen LogP contribution in [0.2, 0.25) is 0 Å². The Morgan fingerprint density at radius 1 is 0.614 bits per heavy atom. The molecule has 4 fully saturated rings. The van der Waals surface area contributed by atoms with E-state index in [1.807, 2.05) is 0 Å². The molecule has 3 aromatic rings. The Bertz CT molecular complexity index is 1960. The summed E-state index contributed by atoms with van der Waals surface area (Å²) in [6.45, 7) is 2.51. The number of ether oxygens (including phenoxy) is 9. The highest BCUT2D eigenvalue weighted by molar-refractivity contribution is 5.90. The maximum atomic E-state index is 13.6. The zero-order valence-corrected chi connectivity index (χ0v) is 32.4. The molecule has 10 atom stereocenters. The SMILES string of the molecule is COc1ccc(C(=O)OC[C@@]23CC[C@H]4[C@H](OC(C)=O)[C@H](OC(=O)c5ccc(OC)cc5)C[C@@H](OC(C)=O)[C@H]4[C@@H]2[C@H]2C[C@@H](OC(=O)c4ccc(OC)cc4)[C@@H]3O2)cc1. The monoisotopic (exact) mass is 786 g/mol. The number of carbonyl (C=O) groups excluding carboxylic acids is 5. The largest absolute Gasteiger partial charge is 0.497 e. The Morgan fingerprint density at radius 2 is 1.11 bits per heavy atom.